The van der Waals surface area contributed by atoms with Crippen LogP contribution in [0.25, 0.3) is 11.3 Å². The summed E-state index contributed by atoms with van der Waals surface area (Å²) in [6.45, 7) is 2.11. The molecular formula is C15H13F3N2O3. The fourth-order valence-electron chi connectivity index (χ4n) is 1.93. The summed E-state index contributed by atoms with van der Waals surface area (Å²) in [7, 11) is 1.02. The van der Waals surface area contributed by atoms with Gasteiger partial charge in [0, 0.05) is 5.56 Å². The third kappa shape index (κ3) is 3.77. The van der Waals surface area contributed by atoms with Crippen LogP contribution in [0.3, 0.4) is 0 Å². The van der Waals surface area contributed by atoms with Crippen LogP contribution >= 0.6 is 0 Å². The van der Waals surface area contributed by atoms with Crippen LogP contribution in [0.15, 0.2) is 30.6 Å². The van der Waals surface area contributed by atoms with Gasteiger partial charge in [-0.25, -0.2) is 9.78 Å². The number of carbonyl (C=O) groups excluding carboxylic acids is 1. The van der Waals surface area contributed by atoms with Crippen molar-refractivity contribution in [2.75, 3.05) is 13.7 Å². The zero-order valence-electron chi connectivity index (χ0n) is 12.3. The van der Waals surface area contributed by atoms with Gasteiger partial charge in [-0.15, -0.1) is 0 Å². The van der Waals surface area contributed by atoms with Gasteiger partial charge in [0.15, 0.2) is 0 Å². The van der Waals surface area contributed by atoms with Gasteiger partial charge in [0.05, 0.1) is 42.9 Å². The summed E-state index contributed by atoms with van der Waals surface area (Å²) in [6, 6.07) is 3.24. The standard InChI is InChI=1S/C15H13F3N2O3/c1-3-23-13-8-19-7-12(20-13)9-4-5-10(14(21)22-2)11(6-9)15(16,17)18/h4-8H,3H2,1-2H3. The third-order valence-corrected chi connectivity index (χ3v) is 2.93. The summed E-state index contributed by atoms with van der Waals surface area (Å²) >= 11 is 0. The maximum Gasteiger partial charge on any atom is 0.417 e. The first-order valence-corrected chi connectivity index (χ1v) is 6.61. The molecule has 1 aromatic carbocycles. The Kier molecular flexibility index (Phi) is 4.83. The van der Waals surface area contributed by atoms with Crippen molar-refractivity contribution in [3.63, 3.8) is 0 Å². The Labute approximate surface area is 130 Å². The number of aromatic nitrogens is 2. The number of alkyl halides is 3. The van der Waals surface area contributed by atoms with E-state index in [0.29, 0.717) is 6.61 Å². The van der Waals surface area contributed by atoms with E-state index in [1.807, 2.05) is 0 Å². The maximum atomic E-state index is 13.2. The summed E-state index contributed by atoms with van der Waals surface area (Å²) in [5.41, 5.74) is -1.28. The quantitative estimate of drug-likeness (QED) is 0.806. The molecule has 1 aromatic heterocycles. The van der Waals surface area contributed by atoms with Gasteiger partial charge >= 0.3 is 12.1 Å². The molecule has 0 spiro atoms. The number of hydrogen-bond acceptors (Lipinski definition) is 5. The van der Waals surface area contributed by atoms with Gasteiger partial charge in [0.25, 0.3) is 0 Å². The van der Waals surface area contributed by atoms with Crippen LogP contribution < -0.4 is 4.74 Å². The summed E-state index contributed by atoms with van der Waals surface area (Å²) in [4.78, 5) is 19.5. The van der Waals surface area contributed by atoms with Crippen LogP contribution in [0.4, 0.5) is 13.2 Å². The van der Waals surface area contributed by atoms with E-state index in [0.717, 1.165) is 19.2 Å². The maximum absolute atomic E-state index is 13.2. The molecule has 0 radical (unpaired) electrons. The third-order valence-electron chi connectivity index (χ3n) is 2.93. The average Bonchev–Trinajstić information content (AvgIpc) is 2.53. The van der Waals surface area contributed by atoms with E-state index in [1.54, 1.807) is 6.92 Å². The first-order valence-electron chi connectivity index (χ1n) is 6.61. The van der Waals surface area contributed by atoms with Crippen LogP contribution in [-0.2, 0) is 10.9 Å². The van der Waals surface area contributed by atoms with Crippen molar-refractivity contribution < 1.29 is 27.4 Å². The summed E-state index contributed by atoms with van der Waals surface area (Å²) in [6.07, 6.45) is -2.03. The minimum atomic E-state index is -4.70. The first-order chi connectivity index (χ1) is 10.9. The zero-order chi connectivity index (χ0) is 17.0. The minimum Gasteiger partial charge on any atom is -0.477 e. The Bertz CT molecular complexity index is 717. The van der Waals surface area contributed by atoms with E-state index in [4.69, 9.17) is 4.74 Å². The van der Waals surface area contributed by atoms with Gasteiger partial charge in [-0.3, -0.25) is 4.98 Å². The molecule has 122 valence electrons. The fourth-order valence-corrected chi connectivity index (χ4v) is 1.93. The molecule has 0 aliphatic heterocycles. The molecule has 8 heteroatoms. The molecule has 0 fully saturated rings. The van der Waals surface area contributed by atoms with Crippen molar-refractivity contribution in [1.82, 2.24) is 9.97 Å². The Morgan fingerprint density at radius 1 is 1.26 bits per heavy atom. The lowest BCUT2D eigenvalue weighted by molar-refractivity contribution is -0.138. The second-order valence-electron chi connectivity index (χ2n) is 4.43. The van der Waals surface area contributed by atoms with Gasteiger partial charge in [-0.05, 0) is 19.1 Å². The van der Waals surface area contributed by atoms with Crippen LogP contribution in [0.2, 0.25) is 0 Å². The van der Waals surface area contributed by atoms with E-state index in [2.05, 4.69) is 14.7 Å². The highest BCUT2D eigenvalue weighted by molar-refractivity contribution is 5.92. The fraction of sp³-hybridized carbons (Fsp3) is 0.267. The number of benzene rings is 1. The monoisotopic (exact) mass is 326 g/mol. The van der Waals surface area contributed by atoms with Gasteiger partial charge < -0.3 is 9.47 Å². The second-order valence-corrected chi connectivity index (χ2v) is 4.43. The predicted octanol–water partition coefficient (Wildman–Crippen LogP) is 3.35. The highest BCUT2D eigenvalue weighted by Gasteiger charge is 2.36. The van der Waals surface area contributed by atoms with Crippen molar-refractivity contribution in [2.45, 2.75) is 13.1 Å². The highest BCUT2D eigenvalue weighted by Crippen LogP contribution is 2.35. The summed E-state index contributed by atoms with van der Waals surface area (Å²) in [5.74, 6) is -0.853. The van der Waals surface area contributed by atoms with Crippen molar-refractivity contribution in [3.05, 3.63) is 41.7 Å². The zero-order valence-corrected chi connectivity index (χ0v) is 12.3. The average molecular weight is 326 g/mol. The number of halogens is 3. The lowest BCUT2D eigenvalue weighted by Gasteiger charge is -2.13. The van der Waals surface area contributed by atoms with E-state index in [9.17, 15) is 18.0 Å². The molecular weight excluding hydrogens is 313 g/mol. The van der Waals surface area contributed by atoms with E-state index >= 15 is 0 Å². The van der Waals surface area contributed by atoms with Gasteiger partial charge in [0.2, 0.25) is 5.88 Å². The minimum absolute atomic E-state index is 0.166. The van der Waals surface area contributed by atoms with Crippen LogP contribution in [-0.4, -0.2) is 29.7 Å². The summed E-state index contributed by atoms with van der Waals surface area (Å²) < 4.78 is 49.1. The van der Waals surface area contributed by atoms with Crippen molar-refractivity contribution >= 4 is 5.97 Å². The molecule has 0 aliphatic rings. The molecule has 1 heterocycles. The van der Waals surface area contributed by atoms with E-state index in [1.165, 1.54) is 18.5 Å². The molecule has 0 N–H and O–H groups in total. The molecule has 0 saturated carbocycles. The number of rotatable bonds is 4. The normalized spacial score (nSPS) is 11.2. The molecule has 0 amide bonds. The molecule has 0 saturated heterocycles. The van der Waals surface area contributed by atoms with Gasteiger partial charge in [-0.2, -0.15) is 13.2 Å². The van der Waals surface area contributed by atoms with Crippen LogP contribution in [0.5, 0.6) is 5.88 Å². The van der Waals surface area contributed by atoms with Crippen molar-refractivity contribution in [2.24, 2.45) is 0 Å². The van der Waals surface area contributed by atoms with Gasteiger partial charge in [0.1, 0.15) is 0 Å². The number of methoxy groups -OCH3 is 1. The number of carbonyl (C=O) groups is 1. The largest absolute Gasteiger partial charge is 0.477 e. The molecule has 0 atom stereocenters. The smallest absolute Gasteiger partial charge is 0.417 e. The second kappa shape index (κ2) is 6.64. The number of esters is 1. The van der Waals surface area contributed by atoms with Crippen LogP contribution in [0, 0.1) is 0 Å². The Morgan fingerprint density at radius 2 is 2.00 bits per heavy atom. The van der Waals surface area contributed by atoms with Crippen LogP contribution in [0.1, 0.15) is 22.8 Å². The Balaban J connectivity index is 2.53. The Morgan fingerprint density at radius 3 is 2.61 bits per heavy atom. The summed E-state index contributed by atoms with van der Waals surface area (Å²) in [5, 5.41) is 0. The number of hydrogen-bond donors (Lipinski definition) is 0. The lowest BCUT2D eigenvalue weighted by atomic mass is 10.0. The lowest BCUT2D eigenvalue weighted by Crippen LogP contribution is -2.14. The Hall–Kier alpha value is -2.64. The molecule has 5 nitrogen and oxygen atoms in total. The van der Waals surface area contributed by atoms with Crippen molar-refractivity contribution in [1.29, 1.82) is 0 Å². The molecule has 2 aromatic rings. The molecule has 0 bridgehead atoms. The molecule has 0 unspecified atom stereocenters. The molecule has 23 heavy (non-hydrogen) atoms. The number of ether oxygens (including phenoxy) is 2. The first kappa shape index (κ1) is 16.7. The van der Waals surface area contributed by atoms with E-state index in [-0.39, 0.29) is 17.1 Å². The topological polar surface area (TPSA) is 61.3 Å². The van der Waals surface area contributed by atoms with Crippen molar-refractivity contribution in [3.8, 4) is 17.1 Å². The predicted molar refractivity (Wildman–Crippen MR) is 75.0 cm³/mol. The molecule has 0 aliphatic carbocycles. The molecule has 2 rings (SSSR count). The van der Waals surface area contributed by atoms with E-state index < -0.39 is 23.3 Å². The highest BCUT2D eigenvalue weighted by atomic mass is 19.4. The SMILES string of the molecule is CCOc1cncc(-c2ccc(C(=O)OC)c(C(F)(F)F)c2)n1. The van der Waals surface area contributed by atoms with Gasteiger partial charge in [-0.1, -0.05) is 6.07 Å². The number of nitrogens with zero attached hydrogens (tertiary/aromatic N) is 2.